The number of rotatable bonds is 1. The fourth-order valence-electron chi connectivity index (χ4n) is 2.56. The van der Waals surface area contributed by atoms with E-state index in [0.717, 1.165) is 22.1 Å². The Morgan fingerprint density at radius 2 is 1.58 bits per heavy atom. The monoisotopic (exact) mass is 243 g/mol. The number of hydrogen-bond donors (Lipinski definition) is 0. The minimum Gasteiger partial charge on any atom is -0.456 e. The SMILES string of the molecule is [c]1ccccc1-c1cccc2oc3ccccc3c12. The lowest BCUT2D eigenvalue weighted by Gasteiger charge is -2.02. The van der Waals surface area contributed by atoms with Gasteiger partial charge in [-0.25, -0.2) is 0 Å². The smallest absolute Gasteiger partial charge is 0.136 e. The highest BCUT2D eigenvalue weighted by molar-refractivity contribution is 6.12. The predicted molar refractivity (Wildman–Crippen MR) is 78.0 cm³/mol. The van der Waals surface area contributed by atoms with Crippen molar-refractivity contribution < 1.29 is 4.42 Å². The summed E-state index contributed by atoms with van der Waals surface area (Å²) in [4.78, 5) is 0. The van der Waals surface area contributed by atoms with Gasteiger partial charge in [0.2, 0.25) is 0 Å². The molecule has 0 spiro atoms. The zero-order valence-corrected chi connectivity index (χ0v) is 10.3. The molecule has 1 nitrogen and oxygen atoms in total. The minimum absolute atomic E-state index is 0.927. The van der Waals surface area contributed by atoms with Crippen LogP contribution < -0.4 is 0 Å². The van der Waals surface area contributed by atoms with Gasteiger partial charge in [0.05, 0.1) is 0 Å². The minimum atomic E-state index is 0.927. The molecule has 19 heavy (non-hydrogen) atoms. The van der Waals surface area contributed by atoms with Crippen LogP contribution in [0.3, 0.4) is 0 Å². The first kappa shape index (κ1) is 10.4. The highest BCUT2D eigenvalue weighted by atomic mass is 16.3. The molecule has 89 valence electrons. The van der Waals surface area contributed by atoms with Gasteiger partial charge in [-0.05, 0) is 29.3 Å². The molecule has 0 N–H and O–H groups in total. The first-order valence-corrected chi connectivity index (χ1v) is 6.31. The molecule has 0 unspecified atom stereocenters. The molecule has 1 heteroatoms. The van der Waals surface area contributed by atoms with Gasteiger partial charge < -0.3 is 4.42 Å². The van der Waals surface area contributed by atoms with Gasteiger partial charge in [-0.15, -0.1) is 0 Å². The number of para-hydroxylation sites is 1. The molecule has 4 aromatic rings. The summed E-state index contributed by atoms with van der Waals surface area (Å²) in [5.41, 5.74) is 4.12. The van der Waals surface area contributed by atoms with Crippen LogP contribution in [0.5, 0.6) is 0 Å². The summed E-state index contributed by atoms with van der Waals surface area (Å²) >= 11 is 0. The molecular weight excluding hydrogens is 232 g/mol. The van der Waals surface area contributed by atoms with E-state index < -0.39 is 0 Å². The summed E-state index contributed by atoms with van der Waals surface area (Å²) in [5.74, 6) is 0. The Morgan fingerprint density at radius 1 is 0.737 bits per heavy atom. The molecule has 0 aliphatic carbocycles. The van der Waals surface area contributed by atoms with E-state index in [4.69, 9.17) is 4.42 Å². The standard InChI is InChI=1S/C18H11O/c1-2-7-13(8-3-1)14-10-6-12-17-18(14)15-9-4-5-11-16(15)19-17/h1-7,9-12H. The van der Waals surface area contributed by atoms with E-state index >= 15 is 0 Å². The molecule has 0 saturated carbocycles. The summed E-state index contributed by atoms with van der Waals surface area (Å²) in [6, 6.07) is 25.6. The lowest BCUT2D eigenvalue weighted by molar-refractivity contribution is 0.669. The third-order valence-electron chi connectivity index (χ3n) is 3.40. The molecule has 0 aliphatic rings. The van der Waals surface area contributed by atoms with E-state index in [-0.39, 0.29) is 0 Å². The maximum atomic E-state index is 5.90. The average Bonchev–Trinajstić information content (AvgIpc) is 2.86. The maximum Gasteiger partial charge on any atom is 0.136 e. The largest absolute Gasteiger partial charge is 0.456 e. The van der Waals surface area contributed by atoms with E-state index in [9.17, 15) is 0 Å². The van der Waals surface area contributed by atoms with Gasteiger partial charge in [-0.1, -0.05) is 54.6 Å². The van der Waals surface area contributed by atoms with Gasteiger partial charge in [-0.2, -0.15) is 0 Å². The molecule has 1 heterocycles. The van der Waals surface area contributed by atoms with Crippen molar-refractivity contribution in [3.8, 4) is 11.1 Å². The normalized spacial score (nSPS) is 11.2. The van der Waals surface area contributed by atoms with E-state index in [1.807, 2.05) is 48.5 Å². The Morgan fingerprint density at radius 3 is 2.47 bits per heavy atom. The van der Waals surface area contributed by atoms with Crippen molar-refractivity contribution in [2.45, 2.75) is 0 Å². The molecule has 0 atom stereocenters. The van der Waals surface area contributed by atoms with Gasteiger partial charge in [-0.3, -0.25) is 0 Å². The van der Waals surface area contributed by atoms with Crippen molar-refractivity contribution >= 4 is 21.9 Å². The second-order valence-corrected chi connectivity index (χ2v) is 4.55. The van der Waals surface area contributed by atoms with Crippen LogP contribution in [0, 0.1) is 6.07 Å². The van der Waals surface area contributed by atoms with E-state index in [2.05, 4.69) is 24.3 Å². The van der Waals surface area contributed by atoms with Crippen molar-refractivity contribution in [1.29, 1.82) is 0 Å². The van der Waals surface area contributed by atoms with Crippen molar-refractivity contribution in [2.75, 3.05) is 0 Å². The Labute approximate surface area is 111 Å². The van der Waals surface area contributed by atoms with Crippen LogP contribution in [0.4, 0.5) is 0 Å². The van der Waals surface area contributed by atoms with E-state index in [1.165, 1.54) is 10.9 Å². The molecule has 1 aromatic heterocycles. The quantitative estimate of drug-likeness (QED) is 0.455. The number of hydrogen-bond acceptors (Lipinski definition) is 1. The molecule has 0 saturated heterocycles. The lowest BCUT2D eigenvalue weighted by Crippen LogP contribution is -1.78. The van der Waals surface area contributed by atoms with Crippen LogP contribution in [-0.4, -0.2) is 0 Å². The molecule has 1 radical (unpaired) electrons. The summed E-state index contributed by atoms with van der Waals surface area (Å²) < 4.78 is 5.90. The van der Waals surface area contributed by atoms with Crippen LogP contribution in [0.1, 0.15) is 0 Å². The van der Waals surface area contributed by atoms with Gasteiger partial charge >= 0.3 is 0 Å². The van der Waals surface area contributed by atoms with Crippen LogP contribution in [-0.2, 0) is 0 Å². The zero-order valence-electron chi connectivity index (χ0n) is 10.3. The van der Waals surface area contributed by atoms with Gasteiger partial charge in [0, 0.05) is 10.8 Å². The van der Waals surface area contributed by atoms with Crippen molar-refractivity contribution in [2.24, 2.45) is 0 Å². The Kier molecular flexibility index (Phi) is 2.18. The fraction of sp³-hybridized carbons (Fsp3) is 0. The van der Waals surface area contributed by atoms with Crippen LogP contribution >= 0.6 is 0 Å². The maximum absolute atomic E-state index is 5.90. The zero-order chi connectivity index (χ0) is 12.7. The topological polar surface area (TPSA) is 13.1 Å². The molecule has 0 fully saturated rings. The van der Waals surface area contributed by atoms with Crippen molar-refractivity contribution in [3.63, 3.8) is 0 Å². The third kappa shape index (κ3) is 1.55. The number of furan rings is 1. The highest BCUT2D eigenvalue weighted by Gasteiger charge is 2.11. The first-order valence-electron chi connectivity index (χ1n) is 6.31. The molecule has 0 bridgehead atoms. The van der Waals surface area contributed by atoms with Crippen LogP contribution in [0.15, 0.2) is 71.1 Å². The third-order valence-corrected chi connectivity index (χ3v) is 3.40. The summed E-state index contributed by atoms with van der Waals surface area (Å²) in [7, 11) is 0. The Balaban J connectivity index is 2.17. The van der Waals surface area contributed by atoms with Crippen molar-refractivity contribution in [3.05, 3.63) is 72.8 Å². The Bertz CT molecular complexity index is 857. The summed E-state index contributed by atoms with van der Waals surface area (Å²) in [5, 5.41) is 2.32. The molecule has 3 aromatic carbocycles. The van der Waals surface area contributed by atoms with Crippen molar-refractivity contribution in [1.82, 2.24) is 0 Å². The second kappa shape index (κ2) is 3.99. The molecule has 0 aliphatic heterocycles. The second-order valence-electron chi connectivity index (χ2n) is 4.55. The van der Waals surface area contributed by atoms with E-state index in [1.54, 1.807) is 0 Å². The first-order chi connectivity index (χ1) is 9.43. The summed E-state index contributed by atoms with van der Waals surface area (Å²) in [6.07, 6.45) is 0. The van der Waals surface area contributed by atoms with Gasteiger partial charge in [0.25, 0.3) is 0 Å². The average molecular weight is 243 g/mol. The highest BCUT2D eigenvalue weighted by Crippen LogP contribution is 2.35. The van der Waals surface area contributed by atoms with E-state index in [0.29, 0.717) is 0 Å². The molecule has 0 amide bonds. The number of benzene rings is 3. The summed E-state index contributed by atoms with van der Waals surface area (Å²) in [6.45, 7) is 0. The number of fused-ring (bicyclic) bond motifs is 3. The van der Waals surface area contributed by atoms with Crippen LogP contribution in [0.25, 0.3) is 33.1 Å². The molecular formula is C18H11O. The fourth-order valence-corrected chi connectivity index (χ4v) is 2.56. The Hall–Kier alpha value is -2.54. The predicted octanol–water partition coefficient (Wildman–Crippen LogP) is 5.05. The molecule has 4 rings (SSSR count). The van der Waals surface area contributed by atoms with Crippen LogP contribution in [0.2, 0.25) is 0 Å². The van der Waals surface area contributed by atoms with Gasteiger partial charge in [0.1, 0.15) is 11.2 Å². The van der Waals surface area contributed by atoms with Gasteiger partial charge in [0.15, 0.2) is 0 Å². The lowest BCUT2D eigenvalue weighted by atomic mass is 10.00.